The van der Waals surface area contributed by atoms with Gasteiger partial charge < -0.3 is 10.2 Å². The van der Waals surface area contributed by atoms with Crippen LogP contribution in [0.5, 0.6) is 0 Å². The molecule has 0 atom stereocenters. The number of unbranched alkanes of at least 4 members (excludes halogenated alkanes) is 2. The van der Waals surface area contributed by atoms with Gasteiger partial charge in [0.15, 0.2) is 0 Å². The summed E-state index contributed by atoms with van der Waals surface area (Å²) in [5, 5.41) is 2.99. The lowest BCUT2D eigenvalue weighted by Crippen LogP contribution is -2.48. The molecule has 0 unspecified atom stereocenters. The highest BCUT2D eigenvalue weighted by atomic mass is 16.2. The quantitative estimate of drug-likeness (QED) is 0.511. The molecule has 1 fully saturated rings. The maximum absolute atomic E-state index is 12.6. The molecule has 0 radical (unpaired) electrons. The molecule has 174 valence electrons. The highest BCUT2D eigenvalue weighted by molar-refractivity contribution is 5.94. The van der Waals surface area contributed by atoms with Gasteiger partial charge in [0.05, 0.1) is 5.69 Å². The van der Waals surface area contributed by atoms with Crippen molar-refractivity contribution in [3.8, 4) is 0 Å². The van der Waals surface area contributed by atoms with E-state index in [2.05, 4.69) is 39.5 Å². The van der Waals surface area contributed by atoms with Gasteiger partial charge in [-0.1, -0.05) is 42.8 Å². The van der Waals surface area contributed by atoms with Crippen LogP contribution >= 0.6 is 0 Å². The summed E-state index contributed by atoms with van der Waals surface area (Å²) in [5.41, 5.74) is 3.42. The first-order valence-corrected chi connectivity index (χ1v) is 11.9. The SMILES string of the molecule is Cc1nc2ccccn2c1C(=O)NCCCCCC(=O)N1CCN(Cc2ccccc2)CC1. The molecule has 7 nitrogen and oxygen atoms in total. The number of carbonyl (C=O) groups excluding carboxylic acids is 2. The summed E-state index contributed by atoms with van der Waals surface area (Å²) in [6.07, 6.45) is 5.08. The summed E-state index contributed by atoms with van der Waals surface area (Å²) in [6.45, 7) is 6.87. The van der Waals surface area contributed by atoms with E-state index < -0.39 is 0 Å². The molecule has 1 saturated heterocycles. The van der Waals surface area contributed by atoms with Gasteiger partial charge in [-0.2, -0.15) is 0 Å². The van der Waals surface area contributed by atoms with Gasteiger partial charge in [-0.05, 0) is 37.5 Å². The van der Waals surface area contributed by atoms with Gasteiger partial charge in [0, 0.05) is 51.9 Å². The molecule has 7 heteroatoms. The molecule has 0 saturated carbocycles. The second-order valence-electron chi connectivity index (χ2n) is 8.68. The third-order valence-corrected chi connectivity index (χ3v) is 6.25. The van der Waals surface area contributed by atoms with Gasteiger partial charge in [0.2, 0.25) is 5.91 Å². The van der Waals surface area contributed by atoms with Gasteiger partial charge >= 0.3 is 0 Å². The number of amides is 2. The van der Waals surface area contributed by atoms with Crippen molar-refractivity contribution in [3.05, 3.63) is 71.7 Å². The van der Waals surface area contributed by atoms with Crippen molar-refractivity contribution in [2.75, 3.05) is 32.7 Å². The molecule has 1 aliphatic heterocycles. The van der Waals surface area contributed by atoms with Crippen molar-refractivity contribution in [2.24, 2.45) is 0 Å². The predicted molar refractivity (Wildman–Crippen MR) is 129 cm³/mol. The van der Waals surface area contributed by atoms with Gasteiger partial charge in [-0.15, -0.1) is 0 Å². The number of nitrogens with zero attached hydrogens (tertiary/aromatic N) is 4. The zero-order chi connectivity index (χ0) is 23.0. The molecular formula is C26H33N5O2. The van der Waals surface area contributed by atoms with Gasteiger partial charge in [0.25, 0.3) is 5.91 Å². The number of nitrogens with one attached hydrogen (secondary N) is 1. The molecule has 2 amide bonds. The second-order valence-corrected chi connectivity index (χ2v) is 8.68. The Bertz CT molecular complexity index is 1070. The van der Waals surface area contributed by atoms with Crippen LogP contribution < -0.4 is 5.32 Å². The van der Waals surface area contributed by atoms with E-state index in [-0.39, 0.29) is 11.8 Å². The first-order valence-electron chi connectivity index (χ1n) is 11.9. The van der Waals surface area contributed by atoms with Crippen molar-refractivity contribution in [2.45, 2.75) is 39.2 Å². The van der Waals surface area contributed by atoms with E-state index in [4.69, 9.17) is 0 Å². The minimum atomic E-state index is -0.101. The van der Waals surface area contributed by atoms with E-state index in [1.54, 1.807) is 0 Å². The standard InChI is InChI=1S/C26H33N5O2/c1-21-25(31-15-9-7-12-23(31)28-21)26(33)27-14-8-3-6-13-24(32)30-18-16-29(17-19-30)20-22-10-4-2-5-11-22/h2,4-5,7,9-12,15H,3,6,8,13-14,16-20H2,1H3,(H,27,33). The predicted octanol–water partition coefficient (Wildman–Crippen LogP) is 3.28. The largest absolute Gasteiger partial charge is 0.351 e. The number of imidazole rings is 1. The van der Waals surface area contributed by atoms with Crippen molar-refractivity contribution in [1.82, 2.24) is 24.5 Å². The lowest BCUT2D eigenvalue weighted by molar-refractivity contribution is -0.133. The molecule has 3 heterocycles. The lowest BCUT2D eigenvalue weighted by atomic mass is 10.1. The molecule has 0 spiro atoms. The van der Waals surface area contributed by atoms with E-state index in [0.717, 1.165) is 63.3 Å². The summed E-state index contributed by atoms with van der Waals surface area (Å²) in [5.74, 6) is 0.149. The maximum atomic E-state index is 12.6. The number of benzene rings is 1. The molecule has 33 heavy (non-hydrogen) atoms. The summed E-state index contributed by atoms with van der Waals surface area (Å²) in [7, 11) is 0. The molecule has 1 N–H and O–H groups in total. The Hall–Kier alpha value is -3.19. The van der Waals surface area contributed by atoms with Gasteiger partial charge in [0.1, 0.15) is 11.3 Å². The fourth-order valence-corrected chi connectivity index (χ4v) is 4.41. The van der Waals surface area contributed by atoms with E-state index >= 15 is 0 Å². The van der Waals surface area contributed by atoms with Crippen molar-refractivity contribution in [1.29, 1.82) is 0 Å². The normalized spacial score (nSPS) is 14.5. The fraction of sp³-hybridized carbons (Fsp3) is 0.423. The molecule has 2 aromatic heterocycles. The molecule has 3 aromatic rings. The van der Waals surface area contributed by atoms with Crippen LogP contribution in [0.3, 0.4) is 0 Å². The van der Waals surface area contributed by atoms with Crippen LogP contribution in [0.1, 0.15) is 47.4 Å². The number of aromatic nitrogens is 2. The smallest absolute Gasteiger partial charge is 0.270 e. The van der Waals surface area contributed by atoms with E-state index in [0.29, 0.717) is 18.7 Å². The first kappa shape index (κ1) is 23.0. The van der Waals surface area contributed by atoms with Crippen LogP contribution in [0.25, 0.3) is 5.65 Å². The molecule has 1 aliphatic rings. The zero-order valence-electron chi connectivity index (χ0n) is 19.4. The highest BCUT2D eigenvalue weighted by Crippen LogP contribution is 2.13. The van der Waals surface area contributed by atoms with Crippen LogP contribution in [0.2, 0.25) is 0 Å². The number of hydrogen-bond donors (Lipinski definition) is 1. The highest BCUT2D eigenvalue weighted by Gasteiger charge is 2.20. The Morgan fingerprint density at radius 1 is 0.939 bits per heavy atom. The summed E-state index contributed by atoms with van der Waals surface area (Å²) in [4.78, 5) is 34.0. The fourth-order valence-electron chi connectivity index (χ4n) is 4.41. The van der Waals surface area contributed by atoms with E-state index in [9.17, 15) is 9.59 Å². The van der Waals surface area contributed by atoms with Crippen LogP contribution in [-0.4, -0.2) is 63.7 Å². The van der Waals surface area contributed by atoms with Crippen LogP contribution in [0.4, 0.5) is 0 Å². The van der Waals surface area contributed by atoms with Crippen LogP contribution in [0.15, 0.2) is 54.7 Å². The average molecular weight is 448 g/mol. The Balaban J connectivity index is 1.11. The monoisotopic (exact) mass is 447 g/mol. The Morgan fingerprint density at radius 2 is 1.70 bits per heavy atom. The minimum absolute atomic E-state index is 0.101. The minimum Gasteiger partial charge on any atom is -0.351 e. The van der Waals surface area contributed by atoms with Crippen LogP contribution in [0, 0.1) is 6.92 Å². The number of hydrogen-bond acceptors (Lipinski definition) is 4. The summed E-state index contributed by atoms with van der Waals surface area (Å²) >= 11 is 0. The second kappa shape index (κ2) is 11.1. The molecule has 0 aliphatic carbocycles. The topological polar surface area (TPSA) is 70.0 Å². The molecule has 0 bridgehead atoms. The summed E-state index contributed by atoms with van der Waals surface area (Å²) < 4.78 is 1.82. The number of rotatable bonds is 9. The number of fused-ring (bicyclic) bond motifs is 1. The zero-order valence-corrected chi connectivity index (χ0v) is 19.4. The third kappa shape index (κ3) is 5.99. The number of piperazine rings is 1. The van der Waals surface area contributed by atoms with E-state index in [1.807, 2.05) is 46.7 Å². The average Bonchev–Trinajstić information content (AvgIpc) is 3.18. The van der Waals surface area contributed by atoms with Crippen molar-refractivity contribution in [3.63, 3.8) is 0 Å². The van der Waals surface area contributed by atoms with Crippen molar-refractivity contribution < 1.29 is 9.59 Å². The van der Waals surface area contributed by atoms with Gasteiger partial charge in [-0.3, -0.25) is 18.9 Å². The Kier molecular flexibility index (Phi) is 7.73. The molecule has 4 rings (SSSR count). The number of pyridine rings is 1. The maximum Gasteiger partial charge on any atom is 0.270 e. The van der Waals surface area contributed by atoms with Crippen molar-refractivity contribution >= 4 is 17.5 Å². The summed E-state index contributed by atoms with van der Waals surface area (Å²) in [6, 6.07) is 16.2. The third-order valence-electron chi connectivity index (χ3n) is 6.25. The van der Waals surface area contributed by atoms with Crippen LogP contribution in [-0.2, 0) is 11.3 Å². The van der Waals surface area contributed by atoms with E-state index in [1.165, 1.54) is 5.56 Å². The first-order chi connectivity index (χ1) is 16.1. The van der Waals surface area contributed by atoms with Gasteiger partial charge in [-0.25, -0.2) is 4.98 Å². The Morgan fingerprint density at radius 3 is 2.48 bits per heavy atom. The Labute approximate surface area is 195 Å². The molecular weight excluding hydrogens is 414 g/mol. The molecule has 1 aromatic carbocycles. The lowest BCUT2D eigenvalue weighted by Gasteiger charge is -2.34. The number of carbonyl (C=O) groups is 2. The number of aryl methyl sites for hydroxylation is 1.